The van der Waals surface area contributed by atoms with Crippen LogP contribution in [-0.4, -0.2) is 24.4 Å². The first kappa shape index (κ1) is 11.5. The standard InChI is InChI=1S/C13H14N2O2/c1-17-13-10(12(16)6-7-14)8-9-4-2-3-5-11(9)15-13/h2-5,8H,6-7,14H2,1H3. The number of carbonyl (C=O) groups excluding carboxylic acids is 1. The fraction of sp³-hybridized carbons (Fsp3) is 0.231. The van der Waals surface area contributed by atoms with Crippen LogP contribution in [0.5, 0.6) is 5.88 Å². The van der Waals surface area contributed by atoms with Crippen LogP contribution >= 0.6 is 0 Å². The third-order valence-electron chi connectivity index (χ3n) is 2.55. The third-order valence-corrected chi connectivity index (χ3v) is 2.55. The van der Waals surface area contributed by atoms with Crippen LogP contribution in [0.25, 0.3) is 10.9 Å². The van der Waals surface area contributed by atoms with Crippen molar-refractivity contribution in [2.24, 2.45) is 5.73 Å². The molecule has 2 aromatic rings. The van der Waals surface area contributed by atoms with Crippen LogP contribution in [0.15, 0.2) is 30.3 Å². The Bertz CT molecular complexity index is 552. The van der Waals surface area contributed by atoms with Gasteiger partial charge in [0, 0.05) is 11.8 Å². The number of Topliss-reactive ketones (excluding diaryl/α,β-unsaturated/α-hetero) is 1. The first-order chi connectivity index (χ1) is 8.26. The lowest BCUT2D eigenvalue weighted by Gasteiger charge is -2.07. The quantitative estimate of drug-likeness (QED) is 0.813. The average molecular weight is 230 g/mol. The number of methoxy groups -OCH3 is 1. The molecule has 1 aromatic heterocycles. The molecule has 88 valence electrons. The number of nitrogens with two attached hydrogens (primary N) is 1. The number of nitrogens with zero attached hydrogens (tertiary/aromatic N) is 1. The van der Waals surface area contributed by atoms with E-state index in [1.54, 1.807) is 6.07 Å². The Morgan fingerprint density at radius 2 is 2.18 bits per heavy atom. The number of ether oxygens (including phenoxy) is 1. The van der Waals surface area contributed by atoms with Gasteiger partial charge in [0.1, 0.15) is 0 Å². The van der Waals surface area contributed by atoms with E-state index in [9.17, 15) is 4.79 Å². The highest BCUT2D eigenvalue weighted by atomic mass is 16.5. The molecule has 0 bridgehead atoms. The van der Waals surface area contributed by atoms with Crippen molar-refractivity contribution in [3.05, 3.63) is 35.9 Å². The minimum atomic E-state index is -0.0393. The van der Waals surface area contributed by atoms with Gasteiger partial charge in [0.15, 0.2) is 5.78 Å². The normalized spacial score (nSPS) is 10.5. The van der Waals surface area contributed by atoms with Crippen LogP contribution in [-0.2, 0) is 0 Å². The van der Waals surface area contributed by atoms with Crippen molar-refractivity contribution in [1.82, 2.24) is 4.98 Å². The zero-order valence-electron chi connectivity index (χ0n) is 9.64. The fourth-order valence-electron chi connectivity index (χ4n) is 1.72. The second-order valence-electron chi connectivity index (χ2n) is 3.70. The minimum Gasteiger partial charge on any atom is -0.480 e. The lowest BCUT2D eigenvalue weighted by Crippen LogP contribution is -2.10. The van der Waals surface area contributed by atoms with Crippen molar-refractivity contribution >= 4 is 16.7 Å². The van der Waals surface area contributed by atoms with Gasteiger partial charge in [0.25, 0.3) is 0 Å². The highest BCUT2D eigenvalue weighted by Gasteiger charge is 2.14. The second kappa shape index (κ2) is 4.93. The predicted octanol–water partition coefficient (Wildman–Crippen LogP) is 1.77. The van der Waals surface area contributed by atoms with Gasteiger partial charge < -0.3 is 10.5 Å². The largest absolute Gasteiger partial charge is 0.480 e. The molecule has 0 spiro atoms. The molecule has 17 heavy (non-hydrogen) atoms. The zero-order chi connectivity index (χ0) is 12.3. The van der Waals surface area contributed by atoms with Gasteiger partial charge in [-0.25, -0.2) is 4.98 Å². The molecule has 4 nitrogen and oxygen atoms in total. The average Bonchev–Trinajstić information content (AvgIpc) is 2.37. The summed E-state index contributed by atoms with van der Waals surface area (Å²) in [6.45, 7) is 0.328. The van der Waals surface area contributed by atoms with Crippen LogP contribution in [0, 0.1) is 0 Å². The van der Waals surface area contributed by atoms with Gasteiger partial charge >= 0.3 is 0 Å². The number of fused-ring (bicyclic) bond motifs is 1. The number of rotatable bonds is 4. The van der Waals surface area contributed by atoms with Crippen LogP contribution in [0.1, 0.15) is 16.8 Å². The van der Waals surface area contributed by atoms with Crippen molar-refractivity contribution in [3.8, 4) is 5.88 Å². The molecule has 2 N–H and O–H groups in total. The highest BCUT2D eigenvalue weighted by molar-refractivity contribution is 6.01. The summed E-state index contributed by atoms with van der Waals surface area (Å²) in [6, 6.07) is 9.42. The van der Waals surface area contributed by atoms with Gasteiger partial charge in [-0.1, -0.05) is 18.2 Å². The SMILES string of the molecule is COc1nc2ccccc2cc1C(=O)CCN. The van der Waals surface area contributed by atoms with E-state index in [0.29, 0.717) is 24.4 Å². The van der Waals surface area contributed by atoms with Crippen LogP contribution in [0.2, 0.25) is 0 Å². The first-order valence-electron chi connectivity index (χ1n) is 5.43. The smallest absolute Gasteiger partial charge is 0.224 e. The molecular formula is C13H14N2O2. The number of benzene rings is 1. The maximum atomic E-state index is 11.9. The molecule has 0 aliphatic heterocycles. The van der Waals surface area contributed by atoms with E-state index in [1.165, 1.54) is 7.11 Å². The maximum Gasteiger partial charge on any atom is 0.224 e. The molecule has 0 fully saturated rings. The van der Waals surface area contributed by atoms with E-state index in [1.807, 2.05) is 24.3 Å². The number of aromatic nitrogens is 1. The van der Waals surface area contributed by atoms with E-state index in [2.05, 4.69) is 4.98 Å². The van der Waals surface area contributed by atoms with Crippen LogP contribution < -0.4 is 10.5 Å². The molecule has 4 heteroatoms. The van der Waals surface area contributed by atoms with E-state index in [0.717, 1.165) is 10.9 Å². The molecule has 0 unspecified atom stereocenters. The van der Waals surface area contributed by atoms with E-state index in [-0.39, 0.29) is 5.78 Å². The highest BCUT2D eigenvalue weighted by Crippen LogP contribution is 2.23. The van der Waals surface area contributed by atoms with Gasteiger partial charge in [-0.05, 0) is 18.7 Å². The zero-order valence-corrected chi connectivity index (χ0v) is 9.64. The molecule has 2 rings (SSSR count). The first-order valence-corrected chi connectivity index (χ1v) is 5.43. The Balaban J connectivity index is 2.56. The Labute approximate surface area is 99.4 Å². The molecule has 0 saturated heterocycles. The van der Waals surface area contributed by atoms with E-state index in [4.69, 9.17) is 10.5 Å². The maximum absolute atomic E-state index is 11.9. The van der Waals surface area contributed by atoms with Crippen molar-refractivity contribution in [3.63, 3.8) is 0 Å². The van der Waals surface area contributed by atoms with Gasteiger partial charge in [-0.2, -0.15) is 0 Å². The molecule has 1 aromatic carbocycles. The fourth-order valence-corrected chi connectivity index (χ4v) is 1.72. The number of hydrogen-bond acceptors (Lipinski definition) is 4. The number of carbonyl (C=O) groups is 1. The Hall–Kier alpha value is -1.94. The Kier molecular flexibility index (Phi) is 3.35. The summed E-state index contributed by atoms with van der Waals surface area (Å²) in [5, 5.41) is 0.925. The number of pyridine rings is 1. The summed E-state index contributed by atoms with van der Waals surface area (Å²) in [7, 11) is 1.51. The summed E-state index contributed by atoms with van der Waals surface area (Å²) in [4.78, 5) is 16.2. The van der Waals surface area contributed by atoms with Crippen molar-refractivity contribution in [1.29, 1.82) is 0 Å². The molecule has 0 saturated carbocycles. The summed E-state index contributed by atoms with van der Waals surface area (Å²) in [6.07, 6.45) is 0.302. The molecule has 0 aliphatic carbocycles. The predicted molar refractivity (Wildman–Crippen MR) is 66.3 cm³/mol. The van der Waals surface area contributed by atoms with Crippen LogP contribution in [0.4, 0.5) is 0 Å². The van der Waals surface area contributed by atoms with Crippen LogP contribution in [0.3, 0.4) is 0 Å². The lowest BCUT2D eigenvalue weighted by atomic mass is 10.1. The van der Waals surface area contributed by atoms with Gasteiger partial charge in [0.05, 0.1) is 18.2 Å². The molecule has 0 aliphatic rings. The lowest BCUT2D eigenvalue weighted by molar-refractivity contribution is 0.0982. The van der Waals surface area contributed by atoms with Crippen molar-refractivity contribution in [2.45, 2.75) is 6.42 Å². The summed E-state index contributed by atoms with van der Waals surface area (Å²) in [5.74, 6) is 0.324. The third kappa shape index (κ3) is 2.26. The van der Waals surface area contributed by atoms with Gasteiger partial charge in [-0.15, -0.1) is 0 Å². The molecular weight excluding hydrogens is 216 g/mol. The summed E-state index contributed by atoms with van der Waals surface area (Å²) in [5.41, 5.74) is 6.70. The summed E-state index contributed by atoms with van der Waals surface area (Å²) < 4.78 is 5.15. The number of hydrogen-bond donors (Lipinski definition) is 1. The minimum absolute atomic E-state index is 0.0393. The number of para-hydroxylation sites is 1. The molecule has 1 heterocycles. The van der Waals surface area contributed by atoms with E-state index < -0.39 is 0 Å². The topological polar surface area (TPSA) is 65.2 Å². The monoisotopic (exact) mass is 230 g/mol. The second-order valence-corrected chi connectivity index (χ2v) is 3.70. The van der Waals surface area contributed by atoms with Crippen molar-refractivity contribution in [2.75, 3.05) is 13.7 Å². The van der Waals surface area contributed by atoms with Gasteiger partial charge in [0.2, 0.25) is 5.88 Å². The molecule has 0 radical (unpaired) electrons. The molecule has 0 atom stereocenters. The molecule has 0 amide bonds. The summed E-state index contributed by atoms with van der Waals surface area (Å²) >= 11 is 0. The Morgan fingerprint density at radius 1 is 1.41 bits per heavy atom. The Morgan fingerprint density at radius 3 is 2.88 bits per heavy atom. The van der Waals surface area contributed by atoms with Gasteiger partial charge in [-0.3, -0.25) is 4.79 Å². The number of ketones is 1. The van der Waals surface area contributed by atoms with E-state index >= 15 is 0 Å². The van der Waals surface area contributed by atoms with Crippen molar-refractivity contribution < 1.29 is 9.53 Å².